The Morgan fingerprint density at radius 3 is 2.35 bits per heavy atom. The second kappa shape index (κ2) is 10.8. The highest BCUT2D eigenvalue weighted by atomic mass is 16.7. The van der Waals surface area contributed by atoms with Gasteiger partial charge in [-0.05, 0) is 19.9 Å². The summed E-state index contributed by atoms with van der Waals surface area (Å²) in [7, 11) is 4.12. The van der Waals surface area contributed by atoms with Crippen LogP contribution >= 0.6 is 0 Å². The number of hydrogen-bond donors (Lipinski definition) is 0. The Bertz CT molecular complexity index is 700. The minimum atomic E-state index is -0.640. The van der Waals surface area contributed by atoms with Crippen LogP contribution in [0.3, 0.4) is 0 Å². The summed E-state index contributed by atoms with van der Waals surface area (Å²) in [5, 5.41) is 12.8. The molecular weight excluding hydrogens is 340 g/mol. The van der Waals surface area contributed by atoms with E-state index in [4.69, 9.17) is 14.3 Å². The van der Waals surface area contributed by atoms with Gasteiger partial charge in [0.1, 0.15) is 13.7 Å². The van der Waals surface area contributed by atoms with Crippen LogP contribution in [0.2, 0.25) is 0 Å². The molecule has 0 atom stereocenters. The molecule has 1 aromatic carbocycles. The fraction of sp³-hybridized carbons (Fsp3) is 0.412. The van der Waals surface area contributed by atoms with Gasteiger partial charge in [0.25, 0.3) is 0 Å². The lowest BCUT2D eigenvalue weighted by Crippen LogP contribution is -2.30. The minimum absolute atomic E-state index is 0.169. The molecule has 0 aliphatic heterocycles. The Balaban J connectivity index is 2.88. The Kier molecular flexibility index (Phi) is 8.79. The second-order valence-corrected chi connectivity index (χ2v) is 5.03. The average molecular weight is 364 g/mol. The smallest absolute Gasteiger partial charge is 0.438 e. The number of nitrogens with zero attached hydrogens (tertiary/aromatic N) is 4. The van der Waals surface area contributed by atoms with Gasteiger partial charge in [-0.3, -0.25) is 4.84 Å². The maximum atomic E-state index is 11.8. The van der Waals surface area contributed by atoms with Crippen LogP contribution in [0, 0.1) is 0 Å². The van der Waals surface area contributed by atoms with Gasteiger partial charge in [0.05, 0.1) is 31.3 Å². The van der Waals surface area contributed by atoms with Crippen molar-refractivity contribution in [2.45, 2.75) is 27.4 Å². The van der Waals surface area contributed by atoms with Crippen molar-refractivity contribution in [2.75, 3.05) is 26.4 Å². The first kappa shape index (κ1) is 21.1. The molecule has 0 saturated carbocycles. The van der Waals surface area contributed by atoms with Gasteiger partial charge in [-0.1, -0.05) is 23.4 Å². The van der Waals surface area contributed by atoms with E-state index in [0.717, 1.165) is 5.06 Å². The van der Waals surface area contributed by atoms with Crippen molar-refractivity contribution in [1.82, 2.24) is 0 Å². The normalized spacial score (nSPS) is 12.6. The quantitative estimate of drug-likeness (QED) is 0.421. The van der Waals surface area contributed by atoms with Gasteiger partial charge < -0.3 is 14.3 Å². The molecular formula is C17H24N4O5. The van der Waals surface area contributed by atoms with E-state index >= 15 is 0 Å². The molecule has 0 N–H and O–H groups in total. The monoisotopic (exact) mass is 364 g/mol. The lowest BCUT2D eigenvalue weighted by Gasteiger charge is -2.20. The number of rotatable bonds is 7. The molecule has 1 aromatic rings. The highest BCUT2D eigenvalue weighted by molar-refractivity contribution is 6.40. The Labute approximate surface area is 152 Å². The molecule has 0 saturated heterocycles. The van der Waals surface area contributed by atoms with E-state index in [1.54, 1.807) is 32.9 Å². The van der Waals surface area contributed by atoms with Crippen LogP contribution in [0.15, 0.2) is 39.6 Å². The van der Waals surface area contributed by atoms with Crippen molar-refractivity contribution in [1.29, 1.82) is 0 Å². The SMILES string of the molecule is CON=C(C)C(C)=NN=C(C)OCc1ccccc1N(OC)C(=O)OC. The first-order valence-corrected chi connectivity index (χ1v) is 7.74. The summed E-state index contributed by atoms with van der Waals surface area (Å²) in [4.78, 5) is 21.6. The van der Waals surface area contributed by atoms with Crippen molar-refractivity contribution in [3.05, 3.63) is 29.8 Å². The molecule has 142 valence electrons. The highest BCUT2D eigenvalue weighted by Gasteiger charge is 2.19. The number of para-hydroxylation sites is 1. The lowest BCUT2D eigenvalue weighted by molar-refractivity contribution is 0.115. The van der Waals surface area contributed by atoms with Gasteiger partial charge in [0.2, 0.25) is 5.90 Å². The van der Waals surface area contributed by atoms with Crippen LogP contribution in [0.5, 0.6) is 0 Å². The molecule has 0 radical (unpaired) electrons. The van der Waals surface area contributed by atoms with Crippen molar-refractivity contribution in [2.24, 2.45) is 15.4 Å². The van der Waals surface area contributed by atoms with Crippen LogP contribution in [-0.2, 0) is 25.8 Å². The molecule has 1 rings (SSSR count). The standard InChI is InChI=1S/C17H24N4O5/c1-12(13(2)20-24-5)18-19-14(3)26-11-15-9-7-8-10-16(15)21(25-6)17(22)23-4/h7-10H,11H2,1-6H3. The number of hydrogen-bond acceptors (Lipinski definition) is 8. The molecule has 0 spiro atoms. The summed E-state index contributed by atoms with van der Waals surface area (Å²) in [6.45, 7) is 5.37. The number of hydroxylamine groups is 1. The first-order valence-electron chi connectivity index (χ1n) is 7.74. The van der Waals surface area contributed by atoms with Crippen LogP contribution < -0.4 is 5.06 Å². The highest BCUT2D eigenvalue weighted by Crippen LogP contribution is 2.22. The third kappa shape index (κ3) is 6.17. The Hall–Kier alpha value is -2.94. The number of oxime groups is 1. The molecule has 0 aromatic heterocycles. The summed E-state index contributed by atoms with van der Waals surface area (Å²) in [6, 6.07) is 7.13. The van der Waals surface area contributed by atoms with E-state index in [1.807, 2.05) is 12.1 Å². The summed E-state index contributed by atoms with van der Waals surface area (Å²) >= 11 is 0. The minimum Gasteiger partial charge on any atom is -0.475 e. The fourth-order valence-electron chi connectivity index (χ4n) is 1.82. The molecule has 9 nitrogen and oxygen atoms in total. The van der Waals surface area contributed by atoms with Crippen LogP contribution in [0.4, 0.5) is 10.5 Å². The van der Waals surface area contributed by atoms with Crippen molar-refractivity contribution in [3.8, 4) is 0 Å². The molecule has 0 bridgehead atoms. The van der Waals surface area contributed by atoms with Crippen molar-refractivity contribution < 1.29 is 23.9 Å². The number of anilines is 1. The van der Waals surface area contributed by atoms with Gasteiger partial charge in [-0.15, -0.1) is 5.10 Å². The zero-order valence-corrected chi connectivity index (χ0v) is 15.8. The molecule has 0 aliphatic rings. The van der Waals surface area contributed by atoms with Gasteiger partial charge in [-0.2, -0.15) is 10.2 Å². The maximum absolute atomic E-state index is 11.8. The number of ether oxygens (including phenoxy) is 2. The second-order valence-electron chi connectivity index (χ2n) is 5.03. The van der Waals surface area contributed by atoms with Crippen LogP contribution in [0.1, 0.15) is 26.3 Å². The van der Waals surface area contributed by atoms with Gasteiger partial charge in [0, 0.05) is 12.5 Å². The zero-order chi connectivity index (χ0) is 19.5. The Morgan fingerprint density at radius 2 is 1.73 bits per heavy atom. The zero-order valence-electron chi connectivity index (χ0n) is 15.8. The van der Waals surface area contributed by atoms with E-state index < -0.39 is 6.09 Å². The number of benzene rings is 1. The number of carbonyl (C=O) groups is 1. The third-order valence-electron chi connectivity index (χ3n) is 3.26. The predicted octanol–water partition coefficient (Wildman–Crippen LogP) is 3.15. The van der Waals surface area contributed by atoms with E-state index in [9.17, 15) is 4.79 Å². The number of methoxy groups -OCH3 is 1. The molecule has 0 fully saturated rings. The van der Waals surface area contributed by atoms with Crippen LogP contribution in [-0.4, -0.2) is 44.7 Å². The van der Waals surface area contributed by atoms with Crippen molar-refractivity contribution in [3.63, 3.8) is 0 Å². The van der Waals surface area contributed by atoms with E-state index in [2.05, 4.69) is 20.2 Å². The van der Waals surface area contributed by atoms with Crippen LogP contribution in [0.25, 0.3) is 0 Å². The largest absolute Gasteiger partial charge is 0.475 e. The topological polar surface area (TPSA) is 94.3 Å². The molecule has 0 aliphatic carbocycles. The lowest BCUT2D eigenvalue weighted by atomic mass is 10.2. The van der Waals surface area contributed by atoms with E-state index in [-0.39, 0.29) is 6.61 Å². The summed E-state index contributed by atoms with van der Waals surface area (Å²) in [6.07, 6.45) is -0.640. The maximum Gasteiger partial charge on any atom is 0.438 e. The van der Waals surface area contributed by atoms with Crippen molar-refractivity contribution >= 4 is 29.1 Å². The van der Waals surface area contributed by atoms with Gasteiger partial charge >= 0.3 is 6.09 Å². The molecule has 0 unspecified atom stereocenters. The van der Waals surface area contributed by atoms with E-state index in [1.165, 1.54) is 21.3 Å². The molecule has 9 heteroatoms. The fourth-order valence-corrected chi connectivity index (χ4v) is 1.82. The third-order valence-corrected chi connectivity index (χ3v) is 3.26. The van der Waals surface area contributed by atoms with Gasteiger partial charge in [0.15, 0.2) is 0 Å². The molecule has 0 heterocycles. The first-order chi connectivity index (χ1) is 12.4. The average Bonchev–Trinajstić information content (AvgIpc) is 2.65. The summed E-state index contributed by atoms with van der Waals surface area (Å²) < 4.78 is 10.3. The summed E-state index contributed by atoms with van der Waals surface area (Å²) in [5.41, 5.74) is 2.44. The predicted molar refractivity (Wildman–Crippen MR) is 99.5 cm³/mol. The Morgan fingerprint density at radius 1 is 1.04 bits per heavy atom. The molecule has 1 amide bonds. The number of carbonyl (C=O) groups excluding carboxylic acids is 1. The summed E-state index contributed by atoms with van der Waals surface area (Å²) in [5.74, 6) is 0.353. The van der Waals surface area contributed by atoms with Gasteiger partial charge in [-0.25, -0.2) is 4.79 Å². The number of amides is 1. The van der Waals surface area contributed by atoms with E-state index in [0.29, 0.717) is 28.6 Å². The molecule has 26 heavy (non-hydrogen) atoms.